The monoisotopic (exact) mass is 420 g/mol. The lowest BCUT2D eigenvalue weighted by Crippen LogP contribution is -2.59. The minimum absolute atomic E-state index is 0.0892. The molecule has 0 aromatic carbocycles. The molecule has 4 rings (SSSR count). The summed E-state index contributed by atoms with van der Waals surface area (Å²) in [6, 6.07) is 4.25. The Labute approximate surface area is 169 Å². The van der Waals surface area contributed by atoms with Crippen LogP contribution in [0, 0.1) is 0 Å². The van der Waals surface area contributed by atoms with Crippen molar-refractivity contribution in [2.75, 3.05) is 37.7 Å². The van der Waals surface area contributed by atoms with Gasteiger partial charge in [0.25, 0.3) is 6.01 Å². The molecule has 0 atom stereocenters. The van der Waals surface area contributed by atoms with E-state index in [1.165, 1.54) is 11.8 Å². The fourth-order valence-corrected chi connectivity index (χ4v) is 5.66. The number of piperidine rings is 1. The standard InChI is InChI=1S/C19H24N4O5S/c1-2-27-18(24)17-13-28-19(21-17)22-11-16(12-22)29(25,26)23-9-5-15(6-10-23)14-3-7-20-8-4-14/h3-4,7-8,13,15-16H,2,5-6,9-12H2,1H3. The molecule has 0 unspecified atom stereocenters. The molecule has 2 saturated heterocycles. The van der Waals surface area contributed by atoms with Crippen LogP contribution in [0.3, 0.4) is 0 Å². The summed E-state index contributed by atoms with van der Waals surface area (Å²) in [6.07, 6.45) is 6.40. The van der Waals surface area contributed by atoms with Gasteiger partial charge in [-0.1, -0.05) is 0 Å². The van der Waals surface area contributed by atoms with E-state index in [4.69, 9.17) is 9.15 Å². The SMILES string of the molecule is CCOC(=O)c1coc(N2CC(S(=O)(=O)N3CCC(c4ccncc4)CC3)C2)n1. The molecule has 2 fully saturated rings. The maximum Gasteiger partial charge on any atom is 0.360 e. The van der Waals surface area contributed by atoms with Crippen molar-refractivity contribution in [2.24, 2.45) is 0 Å². The minimum Gasteiger partial charge on any atom is -0.461 e. The van der Waals surface area contributed by atoms with Crippen LogP contribution in [0.2, 0.25) is 0 Å². The molecule has 2 aromatic rings. The zero-order chi connectivity index (χ0) is 20.4. The second-order valence-corrected chi connectivity index (χ2v) is 9.47. The molecule has 0 aliphatic carbocycles. The summed E-state index contributed by atoms with van der Waals surface area (Å²) < 4.78 is 37.7. The highest BCUT2D eigenvalue weighted by Gasteiger charge is 2.43. The number of aromatic nitrogens is 2. The maximum absolute atomic E-state index is 13.0. The third-order valence-corrected chi connectivity index (χ3v) is 7.73. The molecule has 2 aliphatic heterocycles. The van der Waals surface area contributed by atoms with Gasteiger partial charge in [-0.05, 0) is 43.4 Å². The van der Waals surface area contributed by atoms with E-state index in [2.05, 4.69) is 9.97 Å². The number of rotatable bonds is 6. The highest BCUT2D eigenvalue weighted by atomic mass is 32.2. The predicted molar refractivity (Wildman–Crippen MR) is 105 cm³/mol. The van der Waals surface area contributed by atoms with Crippen LogP contribution in [0.5, 0.6) is 0 Å². The van der Waals surface area contributed by atoms with Crippen molar-refractivity contribution >= 4 is 22.0 Å². The largest absolute Gasteiger partial charge is 0.461 e. The van der Waals surface area contributed by atoms with Gasteiger partial charge in [-0.15, -0.1) is 0 Å². The number of anilines is 1. The number of nitrogens with zero attached hydrogens (tertiary/aromatic N) is 4. The van der Waals surface area contributed by atoms with Crippen LogP contribution < -0.4 is 4.90 Å². The number of carbonyl (C=O) groups excluding carboxylic acids is 1. The zero-order valence-electron chi connectivity index (χ0n) is 16.2. The lowest BCUT2D eigenvalue weighted by molar-refractivity contribution is 0.0519. The first kappa shape index (κ1) is 19.8. The predicted octanol–water partition coefficient (Wildman–Crippen LogP) is 1.64. The van der Waals surface area contributed by atoms with Gasteiger partial charge in [0.05, 0.1) is 6.61 Å². The first-order valence-electron chi connectivity index (χ1n) is 9.75. The second kappa shape index (κ2) is 8.11. The first-order valence-corrected chi connectivity index (χ1v) is 11.3. The van der Waals surface area contributed by atoms with Crippen molar-refractivity contribution < 1.29 is 22.4 Å². The van der Waals surface area contributed by atoms with E-state index in [0.29, 0.717) is 32.1 Å². The van der Waals surface area contributed by atoms with Gasteiger partial charge in [0, 0.05) is 38.6 Å². The Morgan fingerprint density at radius 3 is 2.59 bits per heavy atom. The Kier molecular flexibility index (Phi) is 5.55. The third kappa shape index (κ3) is 3.99. The summed E-state index contributed by atoms with van der Waals surface area (Å²) in [6.45, 7) is 3.62. The number of sulfonamides is 1. The molecule has 9 nitrogen and oxygen atoms in total. The van der Waals surface area contributed by atoms with Gasteiger partial charge in [-0.25, -0.2) is 17.5 Å². The third-order valence-electron chi connectivity index (χ3n) is 5.51. The summed E-state index contributed by atoms with van der Waals surface area (Å²) in [5.41, 5.74) is 1.31. The first-order chi connectivity index (χ1) is 14.0. The number of hydrogen-bond donors (Lipinski definition) is 0. The topological polar surface area (TPSA) is 106 Å². The molecule has 156 valence electrons. The molecule has 4 heterocycles. The van der Waals surface area contributed by atoms with Crippen molar-refractivity contribution in [3.8, 4) is 0 Å². The molecule has 0 spiro atoms. The molecular weight excluding hydrogens is 396 g/mol. The maximum atomic E-state index is 13.0. The van der Waals surface area contributed by atoms with Crippen LogP contribution in [-0.4, -0.2) is 66.7 Å². The van der Waals surface area contributed by atoms with Crippen LogP contribution >= 0.6 is 0 Å². The van der Waals surface area contributed by atoms with Gasteiger partial charge in [-0.2, -0.15) is 4.98 Å². The van der Waals surface area contributed by atoms with E-state index in [9.17, 15) is 13.2 Å². The minimum atomic E-state index is -3.37. The molecule has 0 bridgehead atoms. The summed E-state index contributed by atoms with van der Waals surface area (Å²) in [4.78, 5) is 21.5. The normalized spacial score (nSPS) is 19.1. The molecule has 2 aromatic heterocycles. The van der Waals surface area contributed by atoms with E-state index < -0.39 is 21.2 Å². The highest BCUT2D eigenvalue weighted by molar-refractivity contribution is 7.89. The van der Waals surface area contributed by atoms with Crippen LogP contribution in [0.25, 0.3) is 0 Å². The lowest BCUT2D eigenvalue weighted by Gasteiger charge is -2.41. The van der Waals surface area contributed by atoms with Gasteiger partial charge >= 0.3 is 5.97 Å². The summed E-state index contributed by atoms with van der Waals surface area (Å²) in [7, 11) is -3.37. The zero-order valence-corrected chi connectivity index (χ0v) is 17.0. The number of oxazole rings is 1. The molecule has 0 amide bonds. The van der Waals surface area contributed by atoms with Crippen molar-refractivity contribution in [1.82, 2.24) is 14.3 Å². The number of esters is 1. The van der Waals surface area contributed by atoms with Crippen LogP contribution in [-0.2, 0) is 14.8 Å². The Bertz CT molecular complexity index is 948. The van der Waals surface area contributed by atoms with Crippen LogP contribution in [0.15, 0.2) is 35.2 Å². The molecular formula is C19H24N4O5S. The van der Waals surface area contributed by atoms with E-state index in [1.54, 1.807) is 28.5 Å². The molecule has 10 heteroatoms. The average molecular weight is 420 g/mol. The van der Waals surface area contributed by atoms with E-state index in [0.717, 1.165) is 12.8 Å². The van der Waals surface area contributed by atoms with Crippen molar-refractivity contribution in [2.45, 2.75) is 30.9 Å². The summed E-state index contributed by atoms with van der Waals surface area (Å²) in [5.74, 6) is -0.180. The number of pyridine rings is 1. The Morgan fingerprint density at radius 1 is 1.24 bits per heavy atom. The number of carbonyl (C=O) groups is 1. The molecule has 29 heavy (non-hydrogen) atoms. The van der Waals surface area contributed by atoms with E-state index in [1.807, 2.05) is 12.1 Å². The summed E-state index contributed by atoms with van der Waals surface area (Å²) in [5, 5.41) is -0.488. The second-order valence-electron chi connectivity index (χ2n) is 7.26. The van der Waals surface area contributed by atoms with Crippen molar-refractivity contribution in [1.29, 1.82) is 0 Å². The van der Waals surface area contributed by atoms with Crippen LogP contribution in [0.1, 0.15) is 41.7 Å². The van der Waals surface area contributed by atoms with Crippen molar-refractivity contribution in [3.63, 3.8) is 0 Å². The fourth-order valence-electron chi connectivity index (χ4n) is 3.78. The van der Waals surface area contributed by atoms with Crippen molar-refractivity contribution in [3.05, 3.63) is 42.0 Å². The molecule has 0 N–H and O–H groups in total. The van der Waals surface area contributed by atoms with Gasteiger partial charge < -0.3 is 14.1 Å². The molecule has 0 saturated carbocycles. The number of hydrogen-bond acceptors (Lipinski definition) is 8. The average Bonchev–Trinajstić information content (AvgIpc) is 3.17. The Morgan fingerprint density at radius 2 is 1.93 bits per heavy atom. The Balaban J connectivity index is 1.32. The highest BCUT2D eigenvalue weighted by Crippen LogP contribution is 2.32. The van der Waals surface area contributed by atoms with Gasteiger partial charge in [0.2, 0.25) is 10.0 Å². The smallest absolute Gasteiger partial charge is 0.360 e. The van der Waals surface area contributed by atoms with Gasteiger partial charge in [0.15, 0.2) is 5.69 Å². The van der Waals surface area contributed by atoms with E-state index in [-0.39, 0.29) is 18.3 Å². The van der Waals surface area contributed by atoms with E-state index >= 15 is 0 Å². The lowest BCUT2D eigenvalue weighted by atomic mass is 9.91. The molecule has 2 aliphatic rings. The summed E-state index contributed by atoms with van der Waals surface area (Å²) >= 11 is 0. The van der Waals surface area contributed by atoms with Gasteiger partial charge in [-0.3, -0.25) is 4.98 Å². The number of ether oxygens (including phenoxy) is 1. The quantitative estimate of drug-likeness (QED) is 0.650. The van der Waals surface area contributed by atoms with Gasteiger partial charge in [0.1, 0.15) is 11.5 Å². The van der Waals surface area contributed by atoms with Crippen LogP contribution in [0.4, 0.5) is 6.01 Å². The fraction of sp³-hybridized carbons (Fsp3) is 0.526. The molecule has 0 radical (unpaired) electrons. The Hall–Kier alpha value is -2.46.